The van der Waals surface area contributed by atoms with Crippen molar-refractivity contribution in [2.24, 2.45) is 0 Å². The number of β-lactam (4-membered cyclic amide) rings is 1. The zero-order valence-corrected chi connectivity index (χ0v) is 26.3. The first-order valence-electron chi connectivity index (χ1n) is 16.4. The summed E-state index contributed by atoms with van der Waals surface area (Å²) in [6.45, 7) is 1.31. The van der Waals surface area contributed by atoms with E-state index in [9.17, 15) is 9.59 Å². The number of nitrogens with zero attached hydrogens (tertiary/aromatic N) is 3. The summed E-state index contributed by atoms with van der Waals surface area (Å²) in [7, 11) is 0. The van der Waals surface area contributed by atoms with Crippen molar-refractivity contribution in [2.45, 2.75) is 56.1 Å². The van der Waals surface area contributed by atoms with Gasteiger partial charge in [0.2, 0.25) is 0 Å². The van der Waals surface area contributed by atoms with Crippen LogP contribution in [-0.4, -0.2) is 77.0 Å². The third-order valence-corrected chi connectivity index (χ3v) is 9.48. The van der Waals surface area contributed by atoms with Crippen LogP contribution in [0.15, 0.2) is 121 Å². The molecule has 4 fully saturated rings. The van der Waals surface area contributed by atoms with Crippen molar-refractivity contribution < 1.29 is 33.3 Å². The Morgan fingerprint density at radius 1 is 0.688 bits per heavy atom. The van der Waals surface area contributed by atoms with E-state index in [1.54, 1.807) is 5.01 Å². The highest BCUT2D eigenvalue weighted by molar-refractivity contribution is 5.90. The fourth-order valence-electron chi connectivity index (χ4n) is 7.04. The highest BCUT2D eigenvalue weighted by Gasteiger charge is 2.61. The molecule has 4 aliphatic rings. The standard InChI is InChI=1S/C38H37N3O7/c42-35-30(39(21-26-13-5-1-6-14-26)38(43)46-23-27-15-7-2-8-16-27)22-40(35)41-31-24-44-36(28-17-9-3-10-18-28)47-33(31)34-32(41)25-45-37(48-34)29-19-11-4-12-20-29/h1-20,30-34,36-37H,21-25H2/t30?,31-,32-,33+,34+,36?,37?/m0/s1. The summed E-state index contributed by atoms with van der Waals surface area (Å²) in [5.41, 5.74) is 3.62. The number of carbonyl (C=O) groups is 2. The van der Waals surface area contributed by atoms with Crippen LogP contribution in [0.3, 0.4) is 0 Å². The SMILES string of the molecule is O=C(OCc1ccccc1)N(Cc1ccccc1)C1CN(N2[C@H]3COC(c4ccccc4)O[C@H]3[C@@H]3OC(c4ccccc4)OC[C@@H]32)C1=O. The molecule has 10 nitrogen and oxygen atoms in total. The normalized spacial score (nSPS) is 28.2. The Morgan fingerprint density at radius 3 is 1.67 bits per heavy atom. The minimum absolute atomic E-state index is 0.115. The second-order valence-electron chi connectivity index (χ2n) is 12.5. The van der Waals surface area contributed by atoms with Crippen LogP contribution in [0.1, 0.15) is 34.8 Å². The van der Waals surface area contributed by atoms with Gasteiger partial charge in [-0.2, -0.15) is 0 Å². The lowest BCUT2D eigenvalue weighted by Crippen LogP contribution is -2.72. The topological polar surface area (TPSA) is 90.0 Å². The van der Waals surface area contributed by atoms with Crippen molar-refractivity contribution in [1.82, 2.24) is 14.9 Å². The van der Waals surface area contributed by atoms with Crippen molar-refractivity contribution in [2.75, 3.05) is 19.8 Å². The molecule has 3 unspecified atom stereocenters. The lowest BCUT2D eigenvalue weighted by atomic mass is 10.0. The second-order valence-corrected chi connectivity index (χ2v) is 12.5. The van der Waals surface area contributed by atoms with Gasteiger partial charge in [0.1, 0.15) is 24.9 Å². The summed E-state index contributed by atoms with van der Waals surface area (Å²) in [6, 6.07) is 37.5. The maximum atomic E-state index is 14.2. The van der Waals surface area contributed by atoms with Crippen LogP contribution in [0.4, 0.5) is 4.79 Å². The molecule has 0 bridgehead atoms. The van der Waals surface area contributed by atoms with Gasteiger partial charge in [-0.1, -0.05) is 121 Å². The fraction of sp³-hybridized carbons (Fsp3) is 0.316. The molecule has 4 saturated heterocycles. The summed E-state index contributed by atoms with van der Waals surface area (Å²) >= 11 is 0. The zero-order chi connectivity index (χ0) is 32.5. The minimum atomic E-state index is -0.698. The molecule has 4 aliphatic heterocycles. The maximum absolute atomic E-state index is 14.2. The molecule has 4 aromatic carbocycles. The molecule has 0 saturated carbocycles. The van der Waals surface area contributed by atoms with Crippen LogP contribution in [-0.2, 0) is 41.6 Å². The molecule has 0 spiro atoms. The molecule has 8 rings (SSSR count). The van der Waals surface area contributed by atoms with Crippen molar-refractivity contribution in [3.63, 3.8) is 0 Å². The first-order valence-corrected chi connectivity index (χ1v) is 16.4. The summed E-state index contributed by atoms with van der Waals surface area (Å²) in [6.07, 6.45) is -2.42. The van der Waals surface area contributed by atoms with Gasteiger partial charge in [0.05, 0.1) is 31.8 Å². The Bertz CT molecular complexity index is 1630. The molecular formula is C38H37N3O7. The van der Waals surface area contributed by atoms with E-state index < -0.39 is 24.7 Å². The zero-order valence-electron chi connectivity index (χ0n) is 26.3. The van der Waals surface area contributed by atoms with Crippen molar-refractivity contribution >= 4 is 12.0 Å². The third-order valence-electron chi connectivity index (χ3n) is 9.48. The summed E-state index contributed by atoms with van der Waals surface area (Å²) < 4.78 is 31.5. The van der Waals surface area contributed by atoms with Gasteiger partial charge in [-0.15, -0.1) is 0 Å². The lowest BCUT2D eigenvalue weighted by molar-refractivity contribution is -0.278. The second kappa shape index (κ2) is 13.5. The number of hydrogen-bond acceptors (Lipinski definition) is 8. The summed E-state index contributed by atoms with van der Waals surface area (Å²) in [4.78, 5) is 29.2. The number of ether oxygens (including phenoxy) is 5. The number of amides is 2. The van der Waals surface area contributed by atoms with Crippen molar-refractivity contribution in [3.8, 4) is 0 Å². The molecule has 0 N–H and O–H groups in total. The van der Waals surface area contributed by atoms with E-state index in [2.05, 4.69) is 0 Å². The monoisotopic (exact) mass is 647 g/mol. The molecule has 48 heavy (non-hydrogen) atoms. The Hall–Kier alpha value is -4.58. The average Bonchev–Trinajstić information content (AvgIpc) is 3.46. The first kappa shape index (κ1) is 30.7. The van der Waals surface area contributed by atoms with Gasteiger partial charge in [-0.3, -0.25) is 14.7 Å². The van der Waals surface area contributed by atoms with Crippen molar-refractivity contribution in [1.29, 1.82) is 0 Å². The van der Waals surface area contributed by atoms with Crippen LogP contribution < -0.4 is 0 Å². The molecular weight excluding hydrogens is 610 g/mol. The van der Waals surface area contributed by atoms with Crippen LogP contribution in [0, 0.1) is 0 Å². The van der Waals surface area contributed by atoms with E-state index in [4.69, 9.17) is 23.7 Å². The maximum Gasteiger partial charge on any atom is 0.411 e. The Kier molecular flexibility index (Phi) is 8.64. The number of fused-ring (bicyclic) bond motifs is 3. The quantitative estimate of drug-likeness (QED) is 0.240. The number of hydrazine groups is 1. The first-order chi connectivity index (χ1) is 23.6. The highest BCUT2D eigenvalue weighted by atomic mass is 16.7. The molecule has 7 atom stereocenters. The molecule has 0 radical (unpaired) electrons. The van der Waals surface area contributed by atoms with Crippen molar-refractivity contribution in [3.05, 3.63) is 144 Å². The van der Waals surface area contributed by atoms with E-state index in [1.807, 2.05) is 126 Å². The van der Waals surface area contributed by atoms with Gasteiger partial charge in [-0.25, -0.2) is 9.80 Å². The Labute approximate surface area is 279 Å². The van der Waals surface area contributed by atoms with Gasteiger partial charge in [-0.05, 0) is 11.1 Å². The van der Waals surface area contributed by atoms with Gasteiger partial charge >= 0.3 is 6.09 Å². The number of carbonyl (C=O) groups excluding carboxylic acids is 2. The molecule has 10 heteroatoms. The van der Waals surface area contributed by atoms with E-state index in [0.717, 1.165) is 22.3 Å². The highest BCUT2D eigenvalue weighted by Crippen LogP contribution is 2.44. The summed E-state index contributed by atoms with van der Waals surface area (Å²) in [5, 5.41) is 3.73. The molecule has 246 valence electrons. The molecule has 0 aromatic heterocycles. The van der Waals surface area contributed by atoms with Crippen LogP contribution in [0.2, 0.25) is 0 Å². The predicted molar refractivity (Wildman–Crippen MR) is 174 cm³/mol. The van der Waals surface area contributed by atoms with Gasteiger partial charge < -0.3 is 23.7 Å². The van der Waals surface area contributed by atoms with Gasteiger partial charge in [0.25, 0.3) is 5.91 Å². The molecule has 0 aliphatic carbocycles. The van der Waals surface area contributed by atoms with Crippen LogP contribution >= 0.6 is 0 Å². The third kappa shape index (κ3) is 5.98. The number of benzene rings is 4. The van der Waals surface area contributed by atoms with Crippen LogP contribution in [0.5, 0.6) is 0 Å². The lowest BCUT2D eigenvalue weighted by Gasteiger charge is -2.51. The largest absolute Gasteiger partial charge is 0.445 e. The number of rotatable bonds is 8. The number of hydrogen-bond donors (Lipinski definition) is 0. The van der Waals surface area contributed by atoms with E-state index in [0.29, 0.717) is 19.8 Å². The minimum Gasteiger partial charge on any atom is -0.445 e. The average molecular weight is 648 g/mol. The fourth-order valence-corrected chi connectivity index (χ4v) is 7.04. The molecule has 4 heterocycles. The Morgan fingerprint density at radius 2 is 1.17 bits per heavy atom. The van der Waals surface area contributed by atoms with E-state index in [-0.39, 0.29) is 43.4 Å². The molecule has 4 aromatic rings. The molecule has 2 amide bonds. The Balaban J connectivity index is 1.03. The van der Waals surface area contributed by atoms with Gasteiger partial charge in [0, 0.05) is 17.7 Å². The van der Waals surface area contributed by atoms with Gasteiger partial charge in [0.15, 0.2) is 12.6 Å². The predicted octanol–water partition coefficient (Wildman–Crippen LogP) is 5.23. The van der Waals surface area contributed by atoms with E-state index in [1.165, 1.54) is 4.90 Å². The smallest absolute Gasteiger partial charge is 0.411 e. The van der Waals surface area contributed by atoms with Crippen LogP contribution in [0.25, 0.3) is 0 Å². The summed E-state index contributed by atoms with van der Waals surface area (Å²) in [5.74, 6) is -0.197. The van der Waals surface area contributed by atoms with E-state index >= 15 is 0 Å².